The van der Waals surface area contributed by atoms with Gasteiger partial charge < -0.3 is 0 Å². The number of benzene rings is 1. The molecule has 1 nitrogen and oxygen atoms in total. The van der Waals surface area contributed by atoms with Crippen LogP contribution in [0, 0.1) is 17.8 Å². The zero-order chi connectivity index (χ0) is 9.90. The normalized spacial score (nSPS) is 10.6. The summed E-state index contributed by atoms with van der Waals surface area (Å²) in [6, 6.07) is 7.12. The molecule has 0 amide bonds. The molecular weight excluding hydrogens is 179 g/mol. The van der Waals surface area contributed by atoms with Crippen molar-refractivity contribution in [3.63, 3.8) is 0 Å². The molecule has 0 N–H and O–H groups in total. The summed E-state index contributed by atoms with van der Waals surface area (Å²) in [6.45, 7) is 0. The Kier molecular flexibility index (Phi) is 2.47. The summed E-state index contributed by atoms with van der Waals surface area (Å²) >= 11 is 0. The van der Waals surface area contributed by atoms with Gasteiger partial charge in [-0.05, 0) is 5.56 Å². The van der Waals surface area contributed by atoms with Crippen LogP contribution in [0.1, 0.15) is 11.1 Å². The van der Waals surface area contributed by atoms with Gasteiger partial charge in [0.25, 0.3) is 0 Å². The smallest absolute Gasteiger partial charge is 0.194 e. The minimum Gasteiger partial charge on any atom is -0.194 e. The van der Waals surface area contributed by atoms with E-state index in [1.54, 1.807) is 6.07 Å². The van der Waals surface area contributed by atoms with Gasteiger partial charge in [0, 0.05) is 0 Å². The van der Waals surface area contributed by atoms with Gasteiger partial charge in [-0.2, -0.15) is 30.1 Å². The van der Waals surface area contributed by atoms with Gasteiger partial charge in [0.1, 0.15) is 0 Å². The van der Waals surface area contributed by atoms with Crippen molar-refractivity contribution < 1.29 is 13.2 Å². The molecule has 13 heavy (non-hydrogen) atoms. The third-order valence-corrected chi connectivity index (χ3v) is 1.35. The Morgan fingerprint density at radius 2 is 2.00 bits per heavy atom. The van der Waals surface area contributed by atoms with E-state index in [-0.39, 0.29) is 17.5 Å². The van der Waals surface area contributed by atoms with Crippen LogP contribution in [0.25, 0.3) is 0 Å². The highest BCUT2D eigenvalue weighted by molar-refractivity contribution is 5.36. The van der Waals surface area contributed by atoms with Gasteiger partial charge in [-0.3, -0.25) is 0 Å². The van der Waals surface area contributed by atoms with Gasteiger partial charge >= 0.3 is 6.18 Å². The van der Waals surface area contributed by atoms with Crippen LogP contribution in [0.4, 0.5) is 13.2 Å². The monoisotopic (exact) mass is 184 g/mol. The molecule has 0 atom stereocenters. The largest absolute Gasteiger partial charge is 0.364 e. The summed E-state index contributed by atoms with van der Waals surface area (Å²) in [5.74, 6) is 0. The SMILES string of the molecule is N#Cc1cccc([CH-]C(F)(F)F)c1. The molecule has 1 aromatic rings. The van der Waals surface area contributed by atoms with Crippen molar-refractivity contribution >= 4 is 0 Å². The summed E-state index contributed by atoms with van der Waals surface area (Å²) in [7, 11) is 0. The molecule has 1 aromatic carbocycles. The highest BCUT2D eigenvalue weighted by Gasteiger charge is 2.21. The first kappa shape index (κ1) is 9.46. The zero-order valence-corrected chi connectivity index (χ0v) is 6.47. The Balaban J connectivity index is 2.86. The summed E-state index contributed by atoms with van der Waals surface area (Å²) in [4.78, 5) is 0. The van der Waals surface area contributed by atoms with E-state index in [2.05, 4.69) is 0 Å². The number of rotatable bonds is 1. The van der Waals surface area contributed by atoms with E-state index in [0.717, 1.165) is 0 Å². The molecule has 0 spiro atoms. The van der Waals surface area contributed by atoms with Crippen LogP contribution in [0.15, 0.2) is 24.3 Å². The van der Waals surface area contributed by atoms with Gasteiger partial charge in [-0.25, -0.2) is 0 Å². The first-order chi connectivity index (χ1) is 6.01. The van der Waals surface area contributed by atoms with Crippen LogP contribution in [0.3, 0.4) is 0 Å². The number of hydrogen-bond acceptors (Lipinski definition) is 1. The molecule has 0 unspecified atom stereocenters. The van der Waals surface area contributed by atoms with Gasteiger partial charge in [0.15, 0.2) is 0 Å². The van der Waals surface area contributed by atoms with E-state index in [1.165, 1.54) is 24.3 Å². The van der Waals surface area contributed by atoms with Crippen LogP contribution in [-0.2, 0) is 0 Å². The number of alkyl halides is 3. The molecule has 1 rings (SSSR count). The molecule has 0 aliphatic carbocycles. The lowest BCUT2D eigenvalue weighted by atomic mass is 10.1. The van der Waals surface area contributed by atoms with Crippen LogP contribution in [0.5, 0.6) is 0 Å². The first-order valence-electron chi connectivity index (χ1n) is 3.44. The maximum Gasteiger partial charge on any atom is 0.364 e. The second-order valence-electron chi connectivity index (χ2n) is 2.42. The topological polar surface area (TPSA) is 23.8 Å². The summed E-state index contributed by atoms with van der Waals surface area (Å²) in [5.41, 5.74) is 0.213. The summed E-state index contributed by atoms with van der Waals surface area (Å²) in [6.07, 6.45) is -4.18. The molecule has 4 heteroatoms. The molecular formula is C9H5F3N-. The third-order valence-electron chi connectivity index (χ3n) is 1.35. The van der Waals surface area contributed by atoms with E-state index in [0.29, 0.717) is 0 Å². The molecule has 0 radical (unpaired) electrons. The van der Waals surface area contributed by atoms with Crippen molar-refractivity contribution in [3.8, 4) is 6.07 Å². The average molecular weight is 184 g/mol. The van der Waals surface area contributed by atoms with Crippen molar-refractivity contribution in [2.75, 3.05) is 0 Å². The molecule has 0 aliphatic heterocycles. The second kappa shape index (κ2) is 3.40. The van der Waals surface area contributed by atoms with Crippen LogP contribution < -0.4 is 0 Å². The third kappa shape index (κ3) is 3.08. The fraction of sp³-hybridized carbons (Fsp3) is 0.111. The molecule has 0 fully saturated rings. The summed E-state index contributed by atoms with van der Waals surface area (Å²) < 4.78 is 35.5. The predicted molar refractivity (Wildman–Crippen MR) is 40.6 cm³/mol. The first-order valence-corrected chi connectivity index (χ1v) is 3.44. The molecule has 0 saturated carbocycles. The van der Waals surface area contributed by atoms with E-state index >= 15 is 0 Å². The average Bonchev–Trinajstić information content (AvgIpc) is 2.01. The highest BCUT2D eigenvalue weighted by Crippen LogP contribution is 2.23. The maximum atomic E-state index is 11.8. The fourth-order valence-corrected chi connectivity index (χ4v) is 0.887. The molecule has 0 heterocycles. The quantitative estimate of drug-likeness (QED) is 0.615. The lowest BCUT2D eigenvalue weighted by Gasteiger charge is -2.13. The molecule has 68 valence electrons. The van der Waals surface area contributed by atoms with Gasteiger partial charge in [0.2, 0.25) is 0 Å². The Bertz CT molecular complexity index is 335. The number of halogens is 3. The number of nitrogens with zero attached hydrogens (tertiary/aromatic N) is 1. The lowest BCUT2D eigenvalue weighted by molar-refractivity contribution is -0.0927. The van der Waals surface area contributed by atoms with Gasteiger partial charge in [-0.15, -0.1) is 12.1 Å². The molecule has 0 saturated heterocycles. The minimum atomic E-state index is -4.34. The Morgan fingerprint density at radius 3 is 2.54 bits per heavy atom. The Hall–Kier alpha value is -1.63. The van der Waals surface area contributed by atoms with Crippen LogP contribution >= 0.6 is 0 Å². The second-order valence-corrected chi connectivity index (χ2v) is 2.42. The van der Waals surface area contributed by atoms with Crippen molar-refractivity contribution in [2.24, 2.45) is 0 Å². The Labute approximate surface area is 73.4 Å². The van der Waals surface area contributed by atoms with E-state index < -0.39 is 6.18 Å². The van der Waals surface area contributed by atoms with Crippen molar-refractivity contribution in [1.82, 2.24) is 0 Å². The highest BCUT2D eigenvalue weighted by atomic mass is 19.4. The van der Waals surface area contributed by atoms with E-state index in [9.17, 15) is 13.2 Å². The molecule has 0 aromatic heterocycles. The standard InChI is InChI=1S/C9H5F3N/c10-9(11,12)5-7-2-1-3-8(4-7)6-13/h1-5H/q-1. The number of hydrogen-bond donors (Lipinski definition) is 0. The van der Waals surface area contributed by atoms with Gasteiger partial charge in [-0.1, -0.05) is 12.5 Å². The van der Waals surface area contributed by atoms with Crippen molar-refractivity contribution in [3.05, 3.63) is 41.8 Å². The van der Waals surface area contributed by atoms with Crippen LogP contribution in [-0.4, -0.2) is 6.18 Å². The van der Waals surface area contributed by atoms with Gasteiger partial charge in [0.05, 0.1) is 6.07 Å². The fourth-order valence-electron chi connectivity index (χ4n) is 0.887. The minimum absolute atomic E-state index is 0.00782. The lowest BCUT2D eigenvalue weighted by Crippen LogP contribution is -2.08. The zero-order valence-electron chi connectivity index (χ0n) is 6.47. The Morgan fingerprint density at radius 1 is 1.31 bits per heavy atom. The van der Waals surface area contributed by atoms with E-state index in [1.807, 2.05) is 0 Å². The van der Waals surface area contributed by atoms with E-state index in [4.69, 9.17) is 5.26 Å². The predicted octanol–water partition coefficient (Wildman–Crippen LogP) is 2.67. The van der Waals surface area contributed by atoms with Crippen molar-refractivity contribution in [1.29, 1.82) is 5.26 Å². The molecule has 0 aliphatic rings. The van der Waals surface area contributed by atoms with Crippen molar-refractivity contribution in [2.45, 2.75) is 6.18 Å². The molecule has 0 bridgehead atoms. The van der Waals surface area contributed by atoms with Crippen LogP contribution in [0.2, 0.25) is 0 Å². The summed E-state index contributed by atoms with van der Waals surface area (Å²) in [5, 5.41) is 8.42. The number of nitriles is 1. The maximum absolute atomic E-state index is 11.8.